The first kappa shape index (κ1) is 30.1. The fourth-order valence-corrected chi connectivity index (χ4v) is 7.08. The minimum Gasteiger partial charge on any atom is -0.497 e. The second-order valence-corrected chi connectivity index (χ2v) is 12.6. The van der Waals surface area contributed by atoms with Crippen LogP contribution >= 0.6 is 11.3 Å². The van der Waals surface area contributed by atoms with E-state index in [-0.39, 0.29) is 30.8 Å². The third kappa shape index (κ3) is 5.46. The maximum absolute atomic E-state index is 14.9. The van der Waals surface area contributed by atoms with E-state index in [2.05, 4.69) is 0 Å². The average molecular weight is 618 g/mol. The zero-order valence-corrected chi connectivity index (χ0v) is 26.6. The zero-order valence-electron chi connectivity index (χ0n) is 25.8. The highest BCUT2D eigenvalue weighted by Gasteiger charge is 2.51. The minimum atomic E-state index is -1.51. The van der Waals surface area contributed by atoms with Crippen molar-refractivity contribution in [3.63, 3.8) is 0 Å². The molecular weight excluding hydrogens is 582 g/mol. The van der Waals surface area contributed by atoms with E-state index in [0.29, 0.717) is 28.5 Å². The lowest BCUT2D eigenvalue weighted by atomic mass is 9.80. The number of fused-ring (bicyclic) bond motifs is 2. The van der Waals surface area contributed by atoms with Crippen molar-refractivity contribution in [3.05, 3.63) is 114 Å². The van der Waals surface area contributed by atoms with Crippen LogP contribution in [0.1, 0.15) is 26.3 Å². The van der Waals surface area contributed by atoms with Crippen molar-refractivity contribution in [2.24, 2.45) is 5.41 Å². The fourth-order valence-electron chi connectivity index (χ4n) is 6.11. The van der Waals surface area contributed by atoms with Crippen LogP contribution in [-0.2, 0) is 20.8 Å². The molecule has 1 aliphatic heterocycles. The summed E-state index contributed by atoms with van der Waals surface area (Å²) in [5.74, 6) is -0.335. The highest BCUT2D eigenvalue weighted by molar-refractivity contribution is 7.17. The number of hydrogen-bond donors (Lipinski definition) is 0. The molecule has 1 aliphatic rings. The van der Waals surface area contributed by atoms with E-state index in [0.717, 1.165) is 15.6 Å². The zero-order chi connectivity index (χ0) is 31.7. The molecular formula is C37H35N3O4S. The predicted octanol–water partition coefficient (Wildman–Crippen LogP) is 7.61. The molecule has 0 aliphatic carbocycles. The van der Waals surface area contributed by atoms with Gasteiger partial charge >= 0.3 is 0 Å². The van der Waals surface area contributed by atoms with Gasteiger partial charge in [-0.1, -0.05) is 48.5 Å². The largest absolute Gasteiger partial charge is 0.497 e. The van der Waals surface area contributed by atoms with Crippen molar-refractivity contribution in [2.45, 2.75) is 33.2 Å². The third-order valence-electron chi connectivity index (χ3n) is 8.35. The summed E-state index contributed by atoms with van der Waals surface area (Å²) in [5, 5.41) is 3.05. The lowest BCUT2D eigenvalue weighted by Gasteiger charge is -2.33. The van der Waals surface area contributed by atoms with Crippen molar-refractivity contribution >= 4 is 61.9 Å². The molecule has 0 saturated carbocycles. The Morgan fingerprint density at radius 1 is 0.844 bits per heavy atom. The summed E-state index contributed by atoms with van der Waals surface area (Å²) >= 11 is 1.59. The SMILES string of the molecule is COc1ccc(N(C(=O)CN2C(=O)C(C)(Cc3csc4ccccc34)C(=O)N(c3ccccc3)c3ccccc32)C(C)C)cc1. The summed E-state index contributed by atoms with van der Waals surface area (Å²) < 4.78 is 6.41. The molecule has 7 nitrogen and oxygen atoms in total. The molecule has 1 unspecified atom stereocenters. The number of methoxy groups -OCH3 is 1. The molecule has 1 atom stereocenters. The normalized spacial score (nSPS) is 16.6. The van der Waals surface area contributed by atoms with Crippen molar-refractivity contribution in [2.75, 3.05) is 28.4 Å². The molecule has 0 spiro atoms. The summed E-state index contributed by atoms with van der Waals surface area (Å²) in [7, 11) is 1.60. The van der Waals surface area contributed by atoms with Gasteiger partial charge in [0.05, 0.1) is 18.5 Å². The van der Waals surface area contributed by atoms with Crippen LogP contribution < -0.4 is 19.4 Å². The van der Waals surface area contributed by atoms with Crippen LogP contribution in [0, 0.1) is 5.41 Å². The molecule has 1 aromatic heterocycles. The Bertz CT molecular complexity index is 1870. The predicted molar refractivity (Wildman–Crippen MR) is 182 cm³/mol. The number of nitrogens with zero attached hydrogens (tertiary/aromatic N) is 3. The van der Waals surface area contributed by atoms with Crippen LogP contribution in [0.5, 0.6) is 5.75 Å². The van der Waals surface area contributed by atoms with E-state index in [4.69, 9.17) is 4.74 Å². The van der Waals surface area contributed by atoms with Crippen LogP contribution in [0.25, 0.3) is 10.1 Å². The first-order chi connectivity index (χ1) is 21.7. The Morgan fingerprint density at radius 3 is 2.18 bits per heavy atom. The summed E-state index contributed by atoms with van der Waals surface area (Å²) in [6.07, 6.45) is 0.184. The lowest BCUT2D eigenvalue weighted by molar-refractivity contribution is -0.139. The smallest absolute Gasteiger partial charge is 0.247 e. The Labute approximate surface area is 267 Å². The maximum atomic E-state index is 14.9. The molecule has 8 heteroatoms. The second kappa shape index (κ2) is 12.2. The van der Waals surface area contributed by atoms with E-state index >= 15 is 0 Å². The van der Waals surface area contributed by atoms with Gasteiger partial charge in [-0.3, -0.25) is 24.2 Å². The van der Waals surface area contributed by atoms with Crippen LogP contribution in [0.4, 0.5) is 22.7 Å². The number of rotatable bonds is 8. The molecule has 0 N–H and O–H groups in total. The Kier molecular flexibility index (Phi) is 8.16. The van der Waals surface area contributed by atoms with Gasteiger partial charge in [0.2, 0.25) is 17.7 Å². The molecule has 2 heterocycles. The summed E-state index contributed by atoms with van der Waals surface area (Å²) in [6, 6.07) is 31.8. The molecule has 228 valence electrons. The second-order valence-electron chi connectivity index (χ2n) is 11.7. The molecule has 0 radical (unpaired) electrons. The van der Waals surface area contributed by atoms with Gasteiger partial charge in [-0.15, -0.1) is 11.3 Å². The van der Waals surface area contributed by atoms with Crippen molar-refractivity contribution < 1.29 is 19.1 Å². The van der Waals surface area contributed by atoms with Gasteiger partial charge < -0.3 is 9.64 Å². The van der Waals surface area contributed by atoms with Crippen LogP contribution in [0.2, 0.25) is 0 Å². The fraction of sp³-hybridized carbons (Fsp3) is 0.216. The van der Waals surface area contributed by atoms with E-state index in [1.807, 2.05) is 122 Å². The van der Waals surface area contributed by atoms with Gasteiger partial charge in [0.1, 0.15) is 17.7 Å². The van der Waals surface area contributed by atoms with Gasteiger partial charge in [0.15, 0.2) is 0 Å². The number of amides is 3. The molecule has 45 heavy (non-hydrogen) atoms. The summed E-state index contributed by atoms with van der Waals surface area (Å²) in [6.45, 7) is 5.35. The summed E-state index contributed by atoms with van der Waals surface area (Å²) in [4.78, 5) is 48.8. The molecule has 5 aromatic rings. The third-order valence-corrected chi connectivity index (χ3v) is 9.37. The van der Waals surface area contributed by atoms with Gasteiger partial charge in [0.25, 0.3) is 0 Å². The molecule has 4 aromatic carbocycles. The van der Waals surface area contributed by atoms with E-state index in [1.54, 1.807) is 35.2 Å². The Hall–Kier alpha value is -4.95. The highest BCUT2D eigenvalue weighted by atomic mass is 32.1. The quantitative estimate of drug-likeness (QED) is 0.168. The van der Waals surface area contributed by atoms with Gasteiger partial charge in [-0.25, -0.2) is 0 Å². The molecule has 0 saturated heterocycles. The molecule has 3 amide bonds. The molecule has 6 rings (SSSR count). The van der Waals surface area contributed by atoms with Gasteiger partial charge in [-0.2, -0.15) is 0 Å². The monoisotopic (exact) mass is 617 g/mol. The summed E-state index contributed by atoms with van der Waals surface area (Å²) in [5.41, 5.74) is 1.81. The first-order valence-electron chi connectivity index (χ1n) is 14.9. The number of thiophene rings is 1. The number of hydrogen-bond acceptors (Lipinski definition) is 5. The van der Waals surface area contributed by atoms with Gasteiger partial charge in [0, 0.05) is 22.1 Å². The minimum absolute atomic E-state index is 0.184. The first-order valence-corrected chi connectivity index (χ1v) is 15.8. The molecule has 0 fully saturated rings. The van der Waals surface area contributed by atoms with Crippen LogP contribution in [0.3, 0.4) is 0 Å². The maximum Gasteiger partial charge on any atom is 0.247 e. The number of carbonyl (C=O) groups excluding carboxylic acids is 3. The van der Waals surface area contributed by atoms with E-state index < -0.39 is 11.3 Å². The van der Waals surface area contributed by atoms with Gasteiger partial charge in [-0.05, 0) is 98.1 Å². The van der Waals surface area contributed by atoms with Crippen molar-refractivity contribution in [1.29, 1.82) is 0 Å². The Morgan fingerprint density at radius 2 is 1.49 bits per heavy atom. The number of ether oxygens (including phenoxy) is 1. The molecule has 0 bridgehead atoms. The highest BCUT2D eigenvalue weighted by Crippen LogP contribution is 2.45. The van der Waals surface area contributed by atoms with Crippen LogP contribution in [-0.4, -0.2) is 37.4 Å². The topological polar surface area (TPSA) is 70.2 Å². The lowest BCUT2D eigenvalue weighted by Crippen LogP contribution is -2.53. The number of carbonyl (C=O) groups is 3. The number of anilines is 4. The number of benzene rings is 4. The average Bonchev–Trinajstić information content (AvgIpc) is 3.44. The van der Waals surface area contributed by atoms with E-state index in [9.17, 15) is 14.4 Å². The number of para-hydroxylation sites is 3. The van der Waals surface area contributed by atoms with Crippen molar-refractivity contribution in [3.8, 4) is 5.75 Å². The standard InChI is InChI=1S/C37H35N3O4S/c1-25(2)39(28-18-20-29(44-4)21-19-28)34(41)23-38-31-15-9-10-16-32(31)40(27-12-6-5-7-13-27)36(43)37(3,35(38)42)22-26-24-45-33-17-11-8-14-30(26)33/h5-21,24-25H,22-23H2,1-4H3. The van der Waals surface area contributed by atoms with Crippen molar-refractivity contribution in [1.82, 2.24) is 0 Å². The van der Waals surface area contributed by atoms with E-state index in [1.165, 1.54) is 4.90 Å². The Balaban J connectivity index is 1.48. The van der Waals surface area contributed by atoms with Crippen LogP contribution in [0.15, 0.2) is 109 Å².